The summed E-state index contributed by atoms with van der Waals surface area (Å²) >= 11 is 0. The van der Waals surface area contributed by atoms with Crippen LogP contribution in [-0.4, -0.2) is 28.2 Å². The number of rotatable bonds is 7. The van der Waals surface area contributed by atoms with Gasteiger partial charge in [0.2, 0.25) is 0 Å². The molecule has 0 saturated carbocycles. The van der Waals surface area contributed by atoms with Gasteiger partial charge < -0.3 is 9.47 Å². The van der Waals surface area contributed by atoms with Crippen LogP contribution in [0.5, 0.6) is 11.5 Å². The maximum Gasteiger partial charge on any atom is 0.161 e. The van der Waals surface area contributed by atoms with Crippen LogP contribution in [0.3, 0.4) is 0 Å². The van der Waals surface area contributed by atoms with Gasteiger partial charge in [0.25, 0.3) is 0 Å². The first kappa shape index (κ1) is 14.4. The van der Waals surface area contributed by atoms with Gasteiger partial charge in [0.15, 0.2) is 11.5 Å². The maximum atomic E-state index is 5.63. The summed E-state index contributed by atoms with van der Waals surface area (Å²) in [7, 11) is 1.88. The molecule has 1 aromatic heterocycles. The summed E-state index contributed by atoms with van der Waals surface area (Å²) in [6, 6.07) is 6.09. The van der Waals surface area contributed by atoms with E-state index in [9.17, 15) is 0 Å². The van der Waals surface area contributed by atoms with Crippen molar-refractivity contribution in [2.24, 2.45) is 7.05 Å². The topological polar surface area (TPSA) is 49.2 Å². The van der Waals surface area contributed by atoms with Crippen LogP contribution in [0.25, 0.3) is 0 Å². The van der Waals surface area contributed by atoms with Crippen molar-refractivity contribution < 1.29 is 9.47 Å². The molecule has 0 aliphatic rings. The predicted octanol–water partition coefficient (Wildman–Crippen LogP) is 2.40. The molecule has 0 bridgehead atoms. The van der Waals surface area contributed by atoms with Crippen molar-refractivity contribution in [2.45, 2.75) is 26.7 Å². The first-order valence-electron chi connectivity index (χ1n) is 6.96. The first-order valence-corrected chi connectivity index (χ1v) is 6.96. The van der Waals surface area contributed by atoms with Gasteiger partial charge in [0.05, 0.1) is 18.9 Å². The van der Waals surface area contributed by atoms with Crippen molar-refractivity contribution >= 4 is 0 Å². The second-order valence-electron chi connectivity index (χ2n) is 4.53. The van der Waals surface area contributed by atoms with E-state index in [-0.39, 0.29) is 0 Å². The number of benzene rings is 1. The molecule has 20 heavy (non-hydrogen) atoms. The number of hydrogen-bond acceptors (Lipinski definition) is 4. The molecule has 2 rings (SSSR count). The number of nitrogens with zero attached hydrogens (tertiary/aromatic N) is 3. The Bertz CT molecular complexity index is 552. The Hall–Kier alpha value is -2.04. The molecule has 0 atom stereocenters. The fourth-order valence-corrected chi connectivity index (χ4v) is 2.03. The highest BCUT2D eigenvalue weighted by Gasteiger charge is 2.07. The molecule has 5 nitrogen and oxygen atoms in total. The van der Waals surface area contributed by atoms with Crippen molar-refractivity contribution in [2.75, 3.05) is 13.2 Å². The fraction of sp³-hybridized carbons (Fsp3) is 0.467. The second-order valence-corrected chi connectivity index (χ2v) is 4.53. The summed E-state index contributed by atoms with van der Waals surface area (Å²) in [6.45, 7) is 5.21. The van der Waals surface area contributed by atoms with Crippen LogP contribution < -0.4 is 9.47 Å². The summed E-state index contributed by atoms with van der Waals surface area (Å²) < 4.78 is 12.9. The Morgan fingerprint density at radius 1 is 1.05 bits per heavy atom. The van der Waals surface area contributed by atoms with E-state index in [1.54, 1.807) is 4.68 Å². The Labute approximate surface area is 119 Å². The lowest BCUT2D eigenvalue weighted by Gasteiger charge is -2.12. The minimum atomic E-state index is 0.633. The van der Waals surface area contributed by atoms with E-state index in [2.05, 4.69) is 16.4 Å². The molecule has 0 aliphatic heterocycles. The van der Waals surface area contributed by atoms with E-state index in [1.165, 1.54) is 5.56 Å². The van der Waals surface area contributed by atoms with Crippen molar-refractivity contribution in [3.63, 3.8) is 0 Å². The molecule has 0 spiro atoms. The zero-order chi connectivity index (χ0) is 14.4. The minimum Gasteiger partial charge on any atom is -0.490 e. The minimum absolute atomic E-state index is 0.633. The third-order valence-corrected chi connectivity index (χ3v) is 2.93. The molecule has 1 heterocycles. The zero-order valence-corrected chi connectivity index (χ0v) is 12.3. The Kier molecular flexibility index (Phi) is 4.98. The Morgan fingerprint density at radius 2 is 1.80 bits per heavy atom. The zero-order valence-electron chi connectivity index (χ0n) is 12.3. The van der Waals surface area contributed by atoms with Gasteiger partial charge in [-0.1, -0.05) is 11.3 Å². The highest BCUT2D eigenvalue weighted by atomic mass is 16.5. The average Bonchev–Trinajstić information content (AvgIpc) is 2.85. The predicted molar refractivity (Wildman–Crippen MR) is 77.2 cm³/mol. The van der Waals surface area contributed by atoms with Crippen molar-refractivity contribution in [3.05, 3.63) is 35.7 Å². The van der Waals surface area contributed by atoms with Gasteiger partial charge >= 0.3 is 0 Å². The van der Waals surface area contributed by atoms with Gasteiger partial charge in [0.1, 0.15) is 0 Å². The van der Waals surface area contributed by atoms with Crippen LogP contribution >= 0.6 is 0 Å². The number of aryl methyl sites for hydroxylation is 3. The van der Waals surface area contributed by atoms with Crippen LogP contribution in [0.2, 0.25) is 0 Å². The van der Waals surface area contributed by atoms with Crippen LogP contribution in [0.15, 0.2) is 24.4 Å². The number of ether oxygens (including phenoxy) is 2. The van der Waals surface area contributed by atoms with E-state index in [0.29, 0.717) is 13.2 Å². The normalized spacial score (nSPS) is 10.6. The molecule has 5 heteroatoms. The van der Waals surface area contributed by atoms with Gasteiger partial charge in [-0.05, 0) is 44.4 Å². The van der Waals surface area contributed by atoms with Crippen LogP contribution in [0.4, 0.5) is 0 Å². The fourth-order valence-electron chi connectivity index (χ4n) is 2.03. The molecule has 2 aromatic rings. The highest BCUT2D eigenvalue weighted by Crippen LogP contribution is 2.28. The van der Waals surface area contributed by atoms with Crippen LogP contribution in [-0.2, 0) is 19.9 Å². The van der Waals surface area contributed by atoms with Gasteiger partial charge in [-0.3, -0.25) is 4.68 Å². The van der Waals surface area contributed by atoms with Crippen molar-refractivity contribution in [3.8, 4) is 11.5 Å². The lowest BCUT2D eigenvalue weighted by atomic mass is 10.1. The SMILES string of the molecule is CCOc1ccc(CCc2cn(C)nn2)cc1OCC. The summed E-state index contributed by atoms with van der Waals surface area (Å²) in [5.74, 6) is 1.61. The van der Waals surface area contributed by atoms with E-state index in [1.807, 2.05) is 39.2 Å². The molecule has 0 amide bonds. The third-order valence-electron chi connectivity index (χ3n) is 2.93. The summed E-state index contributed by atoms with van der Waals surface area (Å²) in [5.41, 5.74) is 2.21. The van der Waals surface area contributed by atoms with E-state index in [4.69, 9.17) is 9.47 Å². The van der Waals surface area contributed by atoms with Gasteiger partial charge in [0, 0.05) is 13.2 Å². The molecule has 0 saturated heterocycles. The van der Waals surface area contributed by atoms with Gasteiger partial charge in [-0.2, -0.15) is 0 Å². The van der Waals surface area contributed by atoms with E-state index >= 15 is 0 Å². The van der Waals surface area contributed by atoms with Crippen molar-refractivity contribution in [1.29, 1.82) is 0 Å². The van der Waals surface area contributed by atoms with Gasteiger partial charge in [-0.15, -0.1) is 5.10 Å². The first-order chi connectivity index (χ1) is 9.72. The summed E-state index contributed by atoms with van der Waals surface area (Å²) in [4.78, 5) is 0. The monoisotopic (exact) mass is 275 g/mol. The standard InChI is InChI=1S/C15H21N3O2/c1-4-19-14-9-7-12(10-15(14)20-5-2)6-8-13-11-18(3)17-16-13/h7,9-11H,4-6,8H2,1-3H3. The molecule has 0 N–H and O–H groups in total. The molecule has 0 aliphatic carbocycles. The summed E-state index contributed by atoms with van der Waals surface area (Å²) in [5, 5.41) is 8.03. The molecular weight excluding hydrogens is 254 g/mol. The smallest absolute Gasteiger partial charge is 0.161 e. The van der Waals surface area contributed by atoms with Crippen LogP contribution in [0, 0.1) is 0 Å². The Morgan fingerprint density at radius 3 is 2.45 bits per heavy atom. The van der Waals surface area contributed by atoms with Gasteiger partial charge in [-0.25, -0.2) is 0 Å². The Balaban J connectivity index is 2.05. The second kappa shape index (κ2) is 6.93. The molecule has 1 aromatic carbocycles. The largest absolute Gasteiger partial charge is 0.490 e. The van der Waals surface area contributed by atoms with E-state index < -0.39 is 0 Å². The molecular formula is C15H21N3O2. The third kappa shape index (κ3) is 3.73. The quantitative estimate of drug-likeness (QED) is 0.778. The highest BCUT2D eigenvalue weighted by molar-refractivity contribution is 5.43. The molecule has 0 fully saturated rings. The summed E-state index contributed by atoms with van der Waals surface area (Å²) in [6.07, 6.45) is 3.72. The van der Waals surface area contributed by atoms with Crippen molar-refractivity contribution in [1.82, 2.24) is 15.0 Å². The number of hydrogen-bond donors (Lipinski definition) is 0. The lowest BCUT2D eigenvalue weighted by molar-refractivity contribution is 0.287. The molecule has 0 radical (unpaired) electrons. The van der Waals surface area contributed by atoms with Crippen LogP contribution in [0.1, 0.15) is 25.1 Å². The lowest BCUT2D eigenvalue weighted by Crippen LogP contribution is -2.00. The molecule has 108 valence electrons. The number of aromatic nitrogens is 3. The molecule has 0 unspecified atom stereocenters. The average molecular weight is 275 g/mol. The van der Waals surface area contributed by atoms with E-state index in [0.717, 1.165) is 30.0 Å². The maximum absolute atomic E-state index is 5.63.